The molecule has 34 heavy (non-hydrogen) atoms. The summed E-state index contributed by atoms with van der Waals surface area (Å²) in [4.78, 5) is 28.6. The Morgan fingerprint density at radius 3 is 2.53 bits per heavy atom. The fourth-order valence-corrected chi connectivity index (χ4v) is 5.48. The number of benzene rings is 3. The predicted molar refractivity (Wildman–Crippen MR) is 134 cm³/mol. The van der Waals surface area contributed by atoms with E-state index < -0.39 is 0 Å². The van der Waals surface area contributed by atoms with E-state index in [1.54, 1.807) is 10.6 Å². The molecule has 5 aromatic rings. The normalized spacial score (nSPS) is 14.0. The second kappa shape index (κ2) is 8.14. The Labute approximate surface area is 199 Å². The van der Waals surface area contributed by atoms with Crippen molar-refractivity contribution in [3.8, 4) is 5.69 Å². The van der Waals surface area contributed by atoms with Crippen molar-refractivity contribution in [3.63, 3.8) is 0 Å². The van der Waals surface area contributed by atoms with Crippen molar-refractivity contribution >= 4 is 40.0 Å². The molecule has 1 aliphatic heterocycles. The number of amides is 1. The molecule has 1 amide bonds. The van der Waals surface area contributed by atoms with Crippen LogP contribution in [0.25, 0.3) is 22.4 Å². The number of nitrogens with zero attached hydrogens (tertiary/aromatic N) is 5. The molecule has 3 aromatic carbocycles. The van der Waals surface area contributed by atoms with Crippen LogP contribution in [-0.2, 0) is 11.2 Å². The van der Waals surface area contributed by atoms with E-state index in [0.717, 1.165) is 12.1 Å². The van der Waals surface area contributed by atoms with E-state index in [-0.39, 0.29) is 16.7 Å². The zero-order valence-corrected chi connectivity index (χ0v) is 19.3. The third-order valence-electron chi connectivity index (χ3n) is 6.19. The molecule has 8 heteroatoms. The lowest BCUT2D eigenvalue weighted by atomic mass is 10.2. The molecular weight excluding hydrogens is 446 g/mol. The zero-order chi connectivity index (χ0) is 23.2. The van der Waals surface area contributed by atoms with Crippen LogP contribution in [0.4, 0.5) is 5.69 Å². The van der Waals surface area contributed by atoms with Gasteiger partial charge in [-0.1, -0.05) is 60.3 Å². The van der Waals surface area contributed by atoms with E-state index in [4.69, 9.17) is 0 Å². The van der Waals surface area contributed by atoms with Crippen LogP contribution in [0.3, 0.4) is 0 Å². The minimum atomic E-state index is -0.380. The Bertz CT molecular complexity index is 1610. The standard InChI is InChI=1S/C26H21N5O2S/c1-17(23(32)29-16-15-18-9-5-7-13-21(18)29)34-26-28-27-25-30(19-10-3-2-4-11-19)24(33)20-12-6-8-14-22(20)31(25)26/h2-14,17H,15-16H2,1H3. The van der Waals surface area contributed by atoms with E-state index >= 15 is 0 Å². The first-order valence-electron chi connectivity index (χ1n) is 11.1. The molecule has 1 unspecified atom stereocenters. The van der Waals surface area contributed by atoms with Crippen LogP contribution in [-0.4, -0.2) is 36.9 Å². The van der Waals surface area contributed by atoms with Crippen molar-refractivity contribution in [1.29, 1.82) is 0 Å². The number of hydrogen-bond donors (Lipinski definition) is 0. The third-order valence-corrected chi connectivity index (χ3v) is 7.22. The second-order valence-corrected chi connectivity index (χ2v) is 9.55. The van der Waals surface area contributed by atoms with Gasteiger partial charge in [-0.2, -0.15) is 0 Å². The average molecular weight is 468 g/mol. The minimum absolute atomic E-state index is 0.0346. The SMILES string of the molecule is CC(Sc1nnc2n(-c3ccccc3)c(=O)c3ccccc3n12)C(=O)N1CCc2ccccc21. The molecule has 0 radical (unpaired) electrons. The van der Waals surface area contributed by atoms with Crippen LogP contribution >= 0.6 is 11.8 Å². The Kier molecular flexibility index (Phi) is 4.95. The number of para-hydroxylation sites is 3. The molecule has 6 rings (SSSR count). The van der Waals surface area contributed by atoms with Crippen molar-refractivity contribution in [3.05, 3.63) is 94.8 Å². The van der Waals surface area contributed by atoms with Crippen LogP contribution in [0.15, 0.2) is 88.8 Å². The topological polar surface area (TPSA) is 72.5 Å². The van der Waals surface area contributed by atoms with Crippen molar-refractivity contribution in [2.75, 3.05) is 11.4 Å². The largest absolute Gasteiger partial charge is 0.311 e. The van der Waals surface area contributed by atoms with Crippen molar-refractivity contribution in [2.24, 2.45) is 0 Å². The quantitative estimate of drug-likeness (QED) is 0.372. The number of aromatic nitrogens is 4. The zero-order valence-electron chi connectivity index (χ0n) is 18.5. The first-order valence-corrected chi connectivity index (χ1v) is 12.0. The summed E-state index contributed by atoms with van der Waals surface area (Å²) in [6.45, 7) is 2.57. The van der Waals surface area contributed by atoms with Gasteiger partial charge in [-0.3, -0.25) is 14.0 Å². The maximum absolute atomic E-state index is 13.4. The van der Waals surface area contributed by atoms with Gasteiger partial charge in [0.2, 0.25) is 11.7 Å². The fraction of sp³-hybridized carbons (Fsp3) is 0.154. The van der Waals surface area contributed by atoms with Gasteiger partial charge in [0.15, 0.2) is 5.16 Å². The highest BCUT2D eigenvalue weighted by atomic mass is 32.2. The van der Waals surface area contributed by atoms with Gasteiger partial charge >= 0.3 is 0 Å². The molecule has 3 heterocycles. The lowest BCUT2D eigenvalue weighted by molar-refractivity contribution is -0.117. The molecule has 0 N–H and O–H groups in total. The molecule has 168 valence electrons. The first kappa shape index (κ1) is 20.7. The molecule has 0 aliphatic carbocycles. The summed E-state index contributed by atoms with van der Waals surface area (Å²) >= 11 is 1.36. The summed E-state index contributed by atoms with van der Waals surface area (Å²) in [6.07, 6.45) is 0.862. The summed E-state index contributed by atoms with van der Waals surface area (Å²) in [6, 6.07) is 24.9. The monoisotopic (exact) mass is 467 g/mol. The first-order chi connectivity index (χ1) is 16.6. The smallest absolute Gasteiger partial charge is 0.267 e. The number of rotatable bonds is 4. The van der Waals surface area contributed by atoms with Crippen LogP contribution in [0, 0.1) is 0 Å². The molecule has 0 saturated carbocycles. The van der Waals surface area contributed by atoms with Gasteiger partial charge in [0.1, 0.15) is 0 Å². The van der Waals surface area contributed by atoms with E-state index in [0.29, 0.717) is 34.1 Å². The number of thioether (sulfide) groups is 1. The van der Waals surface area contributed by atoms with Crippen molar-refractivity contribution in [1.82, 2.24) is 19.2 Å². The van der Waals surface area contributed by atoms with E-state index in [9.17, 15) is 9.59 Å². The van der Waals surface area contributed by atoms with Crippen LogP contribution in [0.1, 0.15) is 12.5 Å². The maximum Gasteiger partial charge on any atom is 0.267 e. The van der Waals surface area contributed by atoms with Gasteiger partial charge < -0.3 is 4.90 Å². The van der Waals surface area contributed by atoms with E-state index in [1.807, 2.05) is 83.0 Å². The van der Waals surface area contributed by atoms with E-state index in [1.165, 1.54) is 17.3 Å². The number of carbonyl (C=O) groups is 1. The highest BCUT2D eigenvalue weighted by Gasteiger charge is 2.29. The van der Waals surface area contributed by atoms with E-state index in [2.05, 4.69) is 16.3 Å². The molecule has 0 bridgehead atoms. The molecule has 7 nitrogen and oxygen atoms in total. The maximum atomic E-state index is 13.4. The molecule has 0 fully saturated rings. The van der Waals surface area contributed by atoms with Gasteiger partial charge in [0, 0.05) is 12.2 Å². The Morgan fingerprint density at radius 2 is 1.68 bits per heavy atom. The molecule has 0 spiro atoms. The van der Waals surface area contributed by atoms with Gasteiger partial charge in [-0.05, 0) is 49.2 Å². The number of anilines is 1. The van der Waals surface area contributed by atoms with Gasteiger partial charge in [-0.15, -0.1) is 10.2 Å². The highest BCUT2D eigenvalue weighted by Crippen LogP contribution is 2.32. The third kappa shape index (κ3) is 3.21. The lowest BCUT2D eigenvalue weighted by Gasteiger charge is -2.21. The molecular formula is C26H21N5O2S. The Balaban J connectivity index is 1.45. The van der Waals surface area contributed by atoms with Gasteiger partial charge in [0.05, 0.1) is 21.8 Å². The minimum Gasteiger partial charge on any atom is -0.311 e. The number of fused-ring (bicyclic) bond motifs is 4. The molecule has 1 atom stereocenters. The van der Waals surface area contributed by atoms with Crippen LogP contribution in [0.5, 0.6) is 0 Å². The molecule has 0 saturated heterocycles. The van der Waals surface area contributed by atoms with Crippen LogP contribution < -0.4 is 10.5 Å². The van der Waals surface area contributed by atoms with Gasteiger partial charge in [-0.25, -0.2) is 4.57 Å². The summed E-state index contributed by atoms with van der Waals surface area (Å²) in [7, 11) is 0. The second-order valence-electron chi connectivity index (χ2n) is 8.24. The number of carbonyl (C=O) groups excluding carboxylic acids is 1. The van der Waals surface area contributed by atoms with Crippen molar-refractivity contribution in [2.45, 2.75) is 23.8 Å². The summed E-state index contributed by atoms with van der Waals surface area (Å²) < 4.78 is 3.44. The molecule has 1 aliphatic rings. The summed E-state index contributed by atoms with van der Waals surface area (Å²) in [5.41, 5.74) is 3.45. The highest BCUT2D eigenvalue weighted by molar-refractivity contribution is 8.00. The van der Waals surface area contributed by atoms with Gasteiger partial charge in [0.25, 0.3) is 5.56 Å². The molecule has 2 aromatic heterocycles. The van der Waals surface area contributed by atoms with Crippen molar-refractivity contribution < 1.29 is 4.79 Å². The average Bonchev–Trinajstić information content (AvgIpc) is 3.49. The number of hydrogen-bond acceptors (Lipinski definition) is 5. The Hall–Kier alpha value is -3.91. The Morgan fingerprint density at radius 1 is 0.941 bits per heavy atom. The summed E-state index contributed by atoms with van der Waals surface area (Å²) in [5, 5.41) is 9.55. The lowest BCUT2D eigenvalue weighted by Crippen LogP contribution is -2.35. The predicted octanol–water partition coefficient (Wildman–Crippen LogP) is 4.10. The van der Waals surface area contributed by atoms with Crippen LogP contribution in [0.2, 0.25) is 0 Å². The summed E-state index contributed by atoms with van der Waals surface area (Å²) in [5.74, 6) is 0.455. The fourth-order valence-electron chi connectivity index (χ4n) is 4.56.